The average molecular weight is 1050 g/mol. The van der Waals surface area contributed by atoms with E-state index >= 15 is 0 Å². The fourth-order valence-electron chi connectivity index (χ4n) is 9.04. The fraction of sp³-hybridized carbons (Fsp3) is 0.481. The Morgan fingerprint density at radius 3 is 2.22 bits per heavy atom. The van der Waals surface area contributed by atoms with Gasteiger partial charge in [-0.2, -0.15) is 0 Å². The van der Waals surface area contributed by atoms with Gasteiger partial charge in [0.1, 0.15) is 36.8 Å². The van der Waals surface area contributed by atoms with Crippen molar-refractivity contribution in [3.8, 4) is 17.1 Å². The number of aromatic nitrogens is 2. The first kappa shape index (κ1) is 57.4. The Balaban J connectivity index is 0.980. The van der Waals surface area contributed by atoms with E-state index in [1.165, 1.54) is 9.80 Å². The lowest BCUT2D eigenvalue weighted by Crippen LogP contribution is -2.54. The van der Waals surface area contributed by atoms with Crippen molar-refractivity contribution >= 4 is 64.3 Å². The van der Waals surface area contributed by atoms with Gasteiger partial charge in [0.15, 0.2) is 5.60 Å². The zero-order valence-electron chi connectivity index (χ0n) is 44.3. The first-order valence-corrected chi connectivity index (χ1v) is 25.6. The molecule has 0 spiro atoms. The van der Waals surface area contributed by atoms with Crippen LogP contribution in [0.3, 0.4) is 0 Å². The molecule has 0 unspecified atom stereocenters. The largest absolute Gasteiger partial charge is 0.458 e. The summed E-state index contributed by atoms with van der Waals surface area (Å²) < 4.78 is 18.1. The number of nitrogens with one attached hydrogen (secondary N) is 4. The second kappa shape index (κ2) is 25.1. The number of aryl methyl sites for hydroxylation is 1. The van der Waals surface area contributed by atoms with Gasteiger partial charge in [0.25, 0.3) is 5.56 Å². The van der Waals surface area contributed by atoms with Gasteiger partial charge >= 0.3 is 24.2 Å². The highest BCUT2D eigenvalue weighted by molar-refractivity contribution is 5.99. The van der Waals surface area contributed by atoms with Gasteiger partial charge in [-0.1, -0.05) is 53.7 Å². The maximum atomic E-state index is 13.7. The van der Waals surface area contributed by atoms with Crippen LogP contribution in [0.5, 0.6) is 5.75 Å². The Morgan fingerprint density at radius 2 is 1.58 bits per heavy atom. The van der Waals surface area contributed by atoms with E-state index in [-0.39, 0.29) is 112 Å². The first-order chi connectivity index (χ1) is 36.1. The average Bonchev–Trinajstić information content (AvgIpc) is 3.83. The number of cyclic esters (lactones) is 1. The van der Waals surface area contributed by atoms with E-state index < -0.39 is 59.6 Å². The van der Waals surface area contributed by atoms with Crippen LogP contribution in [0, 0.1) is 11.8 Å². The van der Waals surface area contributed by atoms with Crippen molar-refractivity contribution < 1.29 is 57.7 Å². The van der Waals surface area contributed by atoms with Crippen molar-refractivity contribution in [1.29, 1.82) is 0 Å². The number of carbonyl (C=O) groups is 8. The van der Waals surface area contributed by atoms with Gasteiger partial charge in [-0.25, -0.2) is 24.2 Å². The van der Waals surface area contributed by atoms with Crippen LogP contribution >= 0.6 is 0 Å². The standard InChI is InChI=1S/C54H69N9O13/c1-9-35-36-25-34(18-19-40(36)58-46-37(35)27-63-42(46)26-39-38(49(63)68)29-74-50(69)54(39,73)10-2)76-53(72)62(8)24-12-23-61(7)52(71)75-28-32-14-16-33(17-15-32)57-47(66)41(13-11-22-56-51(55)70)59-48(67)45(31(5)6)60-44(65)21-20-43(64)30(3)4/h14-19,25-26,30-31,41,45,73H,9-13,20-24,27-29H2,1-8H3,(H,57,66)(H,59,67)(H,60,65)(H3,55,56,70)/t41-,45-,54-/m0/s1. The Bertz CT molecular complexity index is 2940. The molecule has 2 aromatic carbocycles. The van der Waals surface area contributed by atoms with E-state index in [9.17, 15) is 48.3 Å². The molecule has 0 radical (unpaired) electrons. The number of aliphatic hydroxyl groups is 1. The van der Waals surface area contributed by atoms with Crippen LogP contribution in [0.4, 0.5) is 20.1 Å². The second-order valence-corrected chi connectivity index (χ2v) is 19.8. The molecule has 408 valence electrons. The lowest BCUT2D eigenvalue weighted by Gasteiger charge is -2.31. The molecule has 4 aromatic rings. The molecular weight excluding hydrogens is 983 g/mol. The third-order valence-electron chi connectivity index (χ3n) is 13.6. The zero-order chi connectivity index (χ0) is 55.6. The van der Waals surface area contributed by atoms with Crippen LogP contribution < -0.4 is 37.3 Å². The topological polar surface area (TPSA) is 300 Å². The van der Waals surface area contributed by atoms with E-state index in [0.717, 1.165) is 16.5 Å². The molecule has 3 atom stereocenters. The number of urea groups is 1. The Hall–Kier alpha value is -7.88. The zero-order valence-corrected chi connectivity index (χ0v) is 44.3. The molecule has 0 saturated carbocycles. The lowest BCUT2D eigenvalue weighted by molar-refractivity contribution is -0.172. The summed E-state index contributed by atoms with van der Waals surface area (Å²) in [5.41, 5.74) is 7.79. The molecule has 22 nitrogen and oxygen atoms in total. The van der Waals surface area contributed by atoms with Gasteiger partial charge in [-0.3, -0.25) is 24.0 Å². The van der Waals surface area contributed by atoms with Crippen LogP contribution in [0.25, 0.3) is 22.3 Å². The van der Waals surface area contributed by atoms with Crippen LogP contribution in [-0.2, 0) is 65.2 Å². The summed E-state index contributed by atoms with van der Waals surface area (Å²) in [6, 6.07) is 10.5. The number of benzene rings is 2. The number of carbonyl (C=O) groups excluding carboxylic acids is 8. The minimum atomic E-state index is -1.94. The van der Waals surface area contributed by atoms with E-state index in [1.807, 2.05) is 6.92 Å². The monoisotopic (exact) mass is 1050 g/mol. The van der Waals surface area contributed by atoms with Crippen molar-refractivity contribution in [2.24, 2.45) is 17.6 Å². The van der Waals surface area contributed by atoms with Gasteiger partial charge in [0.05, 0.1) is 29.0 Å². The Morgan fingerprint density at radius 1 is 0.882 bits per heavy atom. The van der Waals surface area contributed by atoms with Crippen LogP contribution in [-0.4, -0.2) is 118 Å². The molecule has 7 amide bonds. The van der Waals surface area contributed by atoms with Crippen LogP contribution in [0.2, 0.25) is 0 Å². The normalized spacial score (nSPS) is 15.1. The highest BCUT2D eigenvalue weighted by Gasteiger charge is 2.45. The van der Waals surface area contributed by atoms with Crippen molar-refractivity contribution in [2.45, 2.75) is 124 Å². The van der Waals surface area contributed by atoms with Crippen molar-refractivity contribution in [2.75, 3.05) is 39.0 Å². The van der Waals surface area contributed by atoms with Crippen LogP contribution in [0.15, 0.2) is 53.3 Å². The van der Waals surface area contributed by atoms with E-state index in [1.54, 1.807) is 102 Å². The van der Waals surface area contributed by atoms with E-state index in [4.69, 9.17) is 24.9 Å². The van der Waals surface area contributed by atoms with Gasteiger partial charge in [0, 0.05) is 74.7 Å². The molecule has 2 aliphatic heterocycles. The predicted molar refractivity (Wildman–Crippen MR) is 280 cm³/mol. The third-order valence-corrected chi connectivity index (χ3v) is 13.6. The summed E-state index contributed by atoms with van der Waals surface area (Å²) in [4.78, 5) is 123. The molecule has 0 bridgehead atoms. The number of fused-ring (bicyclic) bond motifs is 5. The van der Waals surface area contributed by atoms with E-state index in [2.05, 4.69) is 21.3 Å². The number of ether oxygens (including phenoxy) is 3. The number of pyridine rings is 2. The number of anilines is 1. The smallest absolute Gasteiger partial charge is 0.414 e. The number of rotatable bonds is 23. The summed E-state index contributed by atoms with van der Waals surface area (Å²) >= 11 is 0. The number of nitrogens with two attached hydrogens (primary N) is 1. The third kappa shape index (κ3) is 13.5. The highest BCUT2D eigenvalue weighted by Crippen LogP contribution is 2.41. The second-order valence-electron chi connectivity index (χ2n) is 19.8. The maximum absolute atomic E-state index is 13.7. The molecule has 0 saturated heterocycles. The van der Waals surface area contributed by atoms with Crippen LogP contribution in [0.1, 0.15) is 108 Å². The molecule has 2 aromatic heterocycles. The number of Topliss-reactive ketones (excluding diaryl/α,β-unsaturated/α-hetero) is 1. The van der Waals surface area contributed by atoms with Gasteiger partial charge in [0.2, 0.25) is 17.7 Å². The maximum Gasteiger partial charge on any atom is 0.414 e. The number of amides is 7. The summed E-state index contributed by atoms with van der Waals surface area (Å²) in [5, 5.41) is 22.6. The fourth-order valence-corrected chi connectivity index (χ4v) is 9.04. The molecule has 6 rings (SSSR count). The minimum absolute atomic E-state index is 0.0327. The van der Waals surface area contributed by atoms with Crippen molar-refractivity contribution in [1.82, 2.24) is 35.3 Å². The summed E-state index contributed by atoms with van der Waals surface area (Å²) in [6.45, 7) is 11.2. The predicted octanol–water partition coefficient (Wildman–Crippen LogP) is 4.75. The molecule has 0 aliphatic carbocycles. The van der Waals surface area contributed by atoms with Gasteiger partial charge < -0.3 is 60.7 Å². The number of nitrogens with zero attached hydrogens (tertiary/aromatic N) is 4. The summed E-state index contributed by atoms with van der Waals surface area (Å²) in [6.07, 6.45) is 0.151. The number of hydrogen-bond donors (Lipinski definition) is 6. The molecule has 2 aliphatic rings. The van der Waals surface area contributed by atoms with Gasteiger partial charge in [-0.15, -0.1) is 0 Å². The molecule has 7 N–H and O–H groups in total. The van der Waals surface area contributed by atoms with Crippen molar-refractivity contribution in [3.63, 3.8) is 0 Å². The summed E-state index contributed by atoms with van der Waals surface area (Å²) in [5.74, 6) is -2.77. The minimum Gasteiger partial charge on any atom is -0.458 e. The Labute approximate surface area is 440 Å². The SMILES string of the molecule is CCc1c2c(nc3ccc(OC(=O)N(C)CCCN(C)C(=O)OCc4ccc(NC(=O)[C@H](CCCNC(N)=O)NC(=O)[C@@H](NC(=O)CCC(=O)C(C)C)C(C)C)cc4)cc13)-c1cc3c(c(=O)n1C2)COC(=O)[C@]3(O)CC. The molecule has 4 heterocycles. The molecule has 22 heteroatoms. The van der Waals surface area contributed by atoms with Crippen molar-refractivity contribution in [3.05, 3.63) is 86.7 Å². The lowest BCUT2D eigenvalue weighted by atomic mass is 9.86. The number of primary amides is 1. The number of ketones is 1. The first-order valence-electron chi connectivity index (χ1n) is 25.6. The van der Waals surface area contributed by atoms with E-state index in [0.29, 0.717) is 41.0 Å². The Kier molecular flexibility index (Phi) is 19.0. The number of esters is 1. The molecule has 76 heavy (non-hydrogen) atoms. The molecule has 0 fully saturated rings. The summed E-state index contributed by atoms with van der Waals surface area (Å²) in [7, 11) is 3.15. The molecular formula is C54H69N9O13. The highest BCUT2D eigenvalue weighted by atomic mass is 16.6. The van der Waals surface area contributed by atoms with Gasteiger partial charge in [-0.05, 0) is 85.5 Å². The number of hydrogen-bond acceptors (Lipinski definition) is 14. The quantitative estimate of drug-likeness (QED) is 0.0380.